The number of nitrogens with zero attached hydrogens (tertiary/aromatic N) is 3. The van der Waals surface area contributed by atoms with Gasteiger partial charge in [0.05, 0.1) is 22.8 Å². The highest BCUT2D eigenvalue weighted by molar-refractivity contribution is 7.90. The quantitative estimate of drug-likeness (QED) is 0.613. The Morgan fingerprint density at radius 1 is 1.25 bits per heavy atom. The number of thiazole rings is 1. The van der Waals surface area contributed by atoms with E-state index in [-0.39, 0.29) is 40.7 Å². The van der Waals surface area contributed by atoms with E-state index in [2.05, 4.69) is 4.98 Å². The molecule has 7 nitrogen and oxygen atoms in total. The highest BCUT2D eigenvalue weighted by atomic mass is 32.2. The van der Waals surface area contributed by atoms with Crippen LogP contribution in [0.15, 0.2) is 29.3 Å². The first kappa shape index (κ1) is 24.3. The molecule has 0 bridgehead atoms. The van der Waals surface area contributed by atoms with Gasteiger partial charge in [0.2, 0.25) is 0 Å². The minimum Gasteiger partial charge on any atom is -0.490 e. The number of halogens is 3. The predicted octanol–water partition coefficient (Wildman–Crippen LogP) is 3.71. The molecule has 0 aliphatic carbocycles. The van der Waals surface area contributed by atoms with E-state index in [1.54, 1.807) is 9.80 Å². The smallest absolute Gasteiger partial charge is 0.427 e. The van der Waals surface area contributed by atoms with Crippen molar-refractivity contribution in [3.05, 3.63) is 34.8 Å². The number of rotatable bonds is 6. The molecule has 1 saturated heterocycles. The highest BCUT2D eigenvalue weighted by Crippen LogP contribution is 2.36. The maximum Gasteiger partial charge on any atom is 0.427 e. The van der Waals surface area contributed by atoms with Crippen molar-refractivity contribution in [2.24, 2.45) is 0 Å². The van der Waals surface area contributed by atoms with E-state index in [0.717, 1.165) is 12.5 Å². The summed E-state index contributed by atoms with van der Waals surface area (Å²) in [5, 5.41) is 0.254. The Morgan fingerprint density at radius 2 is 1.91 bits per heavy atom. The third kappa shape index (κ3) is 5.52. The van der Waals surface area contributed by atoms with Crippen molar-refractivity contribution in [1.29, 1.82) is 0 Å². The number of sulfone groups is 1. The number of ether oxygens (including phenoxy) is 1. The van der Waals surface area contributed by atoms with Crippen LogP contribution in [0.5, 0.6) is 5.75 Å². The first-order chi connectivity index (χ1) is 14.9. The lowest BCUT2D eigenvalue weighted by molar-refractivity contribution is -0.134. The van der Waals surface area contributed by atoms with E-state index in [9.17, 15) is 26.4 Å². The molecule has 0 spiro atoms. The van der Waals surface area contributed by atoms with Crippen LogP contribution in [0.3, 0.4) is 0 Å². The number of aromatic nitrogens is 1. The van der Waals surface area contributed by atoms with Crippen LogP contribution in [0.4, 0.5) is 18.3 Å². The van der Waals surface area contributed by atoms with Gasteiger partial charge in [0.1, 0.15) is 10.6 Å². The van der Waals surface area contributed by atoms with Crippen LogP contribution in [-0.4, -0.2) is 62.7 Å². The zero-order valence-corrected chi connectivity index (χ0v) is 19.5. The van der Waals surface area contributed by atoms with Crippen LogP contribution < -0.4 is 9.64 Å². The second kappa shape index (κ2) is 9.26. The fourth-order valence-corrected chi connectivity index (χ4v) is 4.61. The molecule has 1 fully saturated rings. The van der Waals surface area contributed by atoms with Crippen molar-refractivity contribution in [2.75, 3.05) is 37.3 Å². The van der Waals surface area contributed by atoms with E-state index >= 15 is 0 Å². The zero-order valence-electron chi connectivity index (χ0n) is 17.8. The number of hydrogen-bond acceptors (Lipinski definition) is 7. The summed E-state index contributed by atoms with van der Waals surface area (Å²) in [6.07, 6.45) is -2.03. The third-order valence-electron chi connectivity index (χ3n) is 5.12. The van der Waals surface area contributed by atoms with Crippen molar-refractivity contribution in [3.63, 3.8) is 0 Å². The molecular weight excluding hydrogens is 467 g/mol. The summed E-state index contributed by atoms with van der Waals surface area (Å²) in [5.74, 6) is -0.0857. The lowest BCUT2D eigenvalue weighted by Gasteiger charge is -2.35. The van der Waals surface area contributed by atoms with Crippen LogP contribution in [0, 0.1) is 0 Å². The predicted molar refractivity (Wildman–Crippen MR) is 115 cm³/mol. The minimum atomic E-state index is -4.44. The maximum absolute atomic E-state index is 13.2. The van der Waals surface area contributed by atoms with Gasteiger partial charge in [-0.3, -0.25) is 4.79 Å². The van der Waals surface area contributed by atoms with E-state index < -0.39 is 20.9 Å². The SMILES string of the molecule is CCC(C)Oc1ccc(S(C)(=O)=O)cc1C(=O)N1CCN(c2ncc(C(F)(F)F)s2)CC1. The molecule has 2 heterocycles. The Hall–Kier alpha value is -2.34. The summed E-state index contributed by atoms with van der Waals surface area (Å²) in [6.45, 7) is 4.91. The first-order valence-corrected chi connectivity index (χ1v) is 12.7. The number of anilines is 1. The Bertz CT molecular complexity index is 1080. The van der Waals surface area contributed by atoms with E-state index in [1.165, 1.54) is 18.2 Å². The van der Waals surface area contributed by atoms with Crippen LogP contribution in [0.25, 0.3) is 0 Å². The van der Waals surface area contributed by atoms with Crippen molar-refractivity contribution >= 4 is 32.2 Å². The van der Waals surface area contributed by atoms with Gasteiger partial charge >= 0.3 is 6.18 Å². The fourth-order valence-electron chi connectivity index (χ4n) is 3.12. The van der Waals surface area contributed by atoms with Crippen molar-refractivity contribution < 1.29 is 31.1 Å². The molecule has 1 aliphatic rings. The minimum absolute atomic E-state index is 0.0125. The largest absolute Gasteiger partial charge is 0.490 e. The van der Waals surface area contributed by atoms with Crippen LogP contribution >= 0.6 is 11.3 Å². The molecule has 1 aromatic heterocycles. The second-order valence-electron chi connectivity index (χ2n) is 7.55. The summed E-state index contributed by atoms with van der Waals surface area (Å²) in [5.41, 5.74) is 0.148. The highest BCUT2D eigenvalue weighted by Gasteiger charge is 2.34. The molecule has 32 heavy (non-hydrogen) atoms. The van der Waals surface area contributed by atoms with Crippen LogP contribution in [0.2, 0.25) is 0 Å². The fraction of sp³-hybridized carbons (Fsp3) is 0.500. The topological polar surface area (TPSA) is 79.8 Å². The zero-order chi connectivity index (χ0) is 23.7. The lowest BCUT2D eigenvalue weighted by Crippen LogP contribution is -2.48. The Labute approximate surface area is 188 Å². The Morgan fingerprint density at radius 3 is 2.44 bits per heavy atom. The van der Waals surface area contributed by atoms with Gasteiger partial charge in [-0.25, -0.2) is 13.4 Å². The number of benzene rings is 1. The molecule has 176 valence electrons. The first-order valence-electron chi connectivity index (χ1n) is 9.98. The van der Waals surface area contributed by atoms with Gasteiger partial charge in [-0.05, 0) is 31.5 Å². The molecule has 0 N–H and O–H groups in total. The van der Waals surface area contributed by atoms with Crippen LogP contribution in [0.1, 0.15) is 35.5 Å². The van der Waals surface area contributed by atoms with Gasteiger partial charge in [-0.1, -0.05) is 18.3 Å². The molecule has 3 rings (SSSR count). The van der Waals surface area contributed by atoms with Gasteiger partial charge in [-0.15, -0.1) is 0 Å². The van der Waals surface area contributed by atoms with Crippen molar-refractivity contribution in [3.8, 4) is 5.75 Å². The average molecular weight is 492 g/mol. The number of hydrogen-bond donors (Lipinski definition) is 0. The van der Waals surface area contributed by atoms with Crippen LogP contribution in [-0.2, 0) is 16.0 Å². The summed E-state index contributed by atoms with van der Waals surface area (Å²) < 4.78 is 68.3. The normalized spacial score (nSPS) is 16.2. The van der Waals surface area contributed by atoms with E-state index in [0.29, 0.717) is 36.6 Å². The molecule has 1 aliphatic heterocycles. The summed E-state index contributed by atoms with van der Waals surface area (Å²) in [6, 6.07) is 4.21. The Kier molecular flexibility index (Phi) is 7.03. The number of carbonyl (C=O) groups excluding carboxylic acids is 1. The summed E-state index contributed by atoms with van der Waals surface area (Å²) in [7, 11) is -3.53. The van der Waals surface area contributed by atoms with Gasteiger partial charge < -0.3 is 14.5 Å². The second-order valence-corrected chi connectivity index (χ2v) is 10.6. The summed E-state index contributed by atoms with van der Waals surface area (Å²) in [4.78, 5) is 19.6. The van der Waals surface area contributed by atoms with Gasteiger partial charge in [0.25, 0.3) is 5.91 Å². The van der Waals surface area contributed by atoms with Gasteiger partial charge in [0, 0.05) is 32.4 Å². The average Bonchev–Trinajstić information content (AvgIpc) is 3.23. The number of piperazine rings is 1. The number of alkyl halides is 3. The molecular formula is C20H24F3N3O4S2. The maximum atomic E-state index is 13.2. The molecule has 1 aromatic carbocycles. The monoisotopic (exact) mass is 491 g/mol. The standard InChI is InChI=1S/C20H24F3N3O4S2/c1-4-13(2)30-16-6-5-14(32(3,28)29)11-15(16)18(27)25-7-9-26(10-8-25)19-24-12-17(31-19)20(21,22)23/h5-6,11-13H,4,7-10H2,1-3H3. The molecule has 2 aromatic rings. The molecule has 1 amide bonds. The summed E-state index contributed by atoms with van der Waals surface area (Å²) >= 11 is 0.568. The van der Waals surface area contributed by atoms with Gasteiger partial charge in [0.15, 0.2) is 15.0 Å². The van der Waals surface area contributed by atoms with Gasteiger partial charge in [-0.2, -0.15) is 13.2 Å². The van der Waals surface area contributed by atoms with Crippen molar-refractivity contribution in [1.82, 2.24) is 9.88 Å². The van der Waals surface area contributed by atoms with E-state index in [4.69, 9.17) is 4.74 Å². The lowest BCUT2D eigenvalue weighted by atomic mass is 10.1. The van der Waals surface area contributed by atoms with Crippen molar-refractivity contribution in [2.45, 2.75) is 37.4 Å². The number of amides is 1. The van der Waals surface area contributed by atoms with E-state index in [1.807, 2.05) is 13.8 Å². The molecule has 0 saturated carbocycles. The molecule has 1 atom stereocenters. The Balaban J connectivity index is 1.78. The molecule has 0 radical (unpaired) electrons. The molecule has 12 heteroatoms. The number of carbonyl (C=O) groups is 1. The molecule has 1 unspecified atom stereocenters. The third-order valence-corrected chi connectivity index (χ3v) is 7.34.